The van der Waals surface area contributed by atoms with E-state index in [0.717, 1.165) is 18.1 Å². The molecule has 0 aliphatic carbocycles. The maximum absolute atomic E-state index is 6.19. The average Bonchev–Trinajstić information content (AvgIpc) is 2.71. The van der Waals surface area contributed by atoms with E-state index in [1.165, 1.54) is 22.2 Å². The molecule has 1 aromatic carbocycles. The number of para-hydroxylation sites is 1. The number of nitrogens with zero attached hydrogens (tertiary/aromatic N) is 1. The Balaban J connectivity index is 2.51. The smallest absolute Gasteiger partial charge is 0.0673 e. The molecule has 2 heterocycles. The highest BCUT2D eigenvalue weighted by atomic mass is 35.5. The van der Waals surface area contributed by atoms with E-state index in [-0.39, 0.29) is 0 Å². The number of halogens is 1. The summed E-state index contributed by atoms with van der Waals surface area (Å²) in [4.78, 5) is 0. The largest absolute Gasteiger partial charge is 0.345 e. The van der Waals surface area contributed by atoms with Gasteiger partial charge in [-0.3, -0.25) is 0 Å². The first kappa shape index (κ1) is 8.33. The number of aryl methyl sites for hydroxylation is 1. The van der Waals surface area contributed by atoms with Crippen LogP contribution in [-0.4, -0.2) is 4.57 Å². The summed E-state index contributed by atoms with van der Waals surface area (Å²) in [5.41, 5.74) is 3.94. The van der Waals surface area contributed by atoms with E-state index < -0.39 is 0 Å². The average molecular weight is 207 g/mol. The third-order valence-electron chi connectivity index (χ3n) is 2.99. The van der Waals surface area contributed by atoms with Crippen LogP contribution in [0.5, 0.6) is 0 Å². The fourth-order valence-electron chi connectivity index (χ4n) is 2.32. The monoisotopic (exact) mass is 206 g/mol. The van der Waals surface area contributed by atoms with Crippen LogP contribution >= 0.6 is 11.6 Å². The van der Waals surface area contributed by atoms with Crippen molar-refractivity contribution in [3.63, 3.8) is 0 Å². The maximum Gasteiger partial charge on any atom is 0.0673 e. The molecule has 14 heavy (non-hydrogen) atoms. The first-order valence-corrected chi connectivity index (χ1v) is 5.12. The molecule has 0 spiro atoms. The number of aromatic nitrogens is 1. The molecule has 2 aromatic rings. The van der Waals surface area contributed by atoms with Crippen LogP contribution in [0.4, 0.5) is 0 Å². The van der Waals surface area contributed by atoms with Gasteiger partial charge in [0, 0.05) is 31.2 Å². The first-order valence-electron chi connectivity index (χ1n) is 4.74. The summed E-state index contributed by atoms with van der Waals surface area (Å²) < 4.78 is 2.20. The van der Waals surface area contributed by atoms with E-state index in [1.54, 1.807) is 0 Å². The molecule has 3 heteroatoms. The zero-order valence-corrected chi connectivity index (χ0v) is 8.73. The van der Waals surface area contributed by atoms with E-state index in [9.17, 15) is 0 Å². The minimum atomic E-state index is 0.847. The van der Waals surface area contributed by atoms with Crippen LogP contribution < -0.4 is 5.32 Å². The fraction of sp³-hybridized carbons (Fsp3) is 0.273. The van der Waals surface area contributed by atoms with Crippen LogP contribution in [0.1, 0.15) is 11.3 Å². The van der Waals surface area contributed by atoms with Crippen LogP contribution in [0.2, 0.25) is 5.02 Å². The Bertz CT molecular complexity index is 513. The normalized spacial score (nSPS) is 15.0. The summed E-state index contributed by atoms with van der Waals surface area (Å²) in [7, 11) is 2.08. The Morgan fingerprint density at radius 1 is 1.36 bits per heavy atom. The van der Waals surface area contributed by atoms with Crippen molar-refractivity contribution in [3.05, 3.63) is 34.5 Å². The summed E-state index contributed by atoms with van der Waals surface area (Å²) in [6, 6.07) is 6.11. The molecule has 1 aromatic heterocycles. The van der Waals surface area contributed by atoms with Gasteiger partial charge in [-0.15, -0.1) is 0 Å². The van der Waals surface area contributed by atoms with Crippen molar-refractivity contribution in [2.24, 2.45) is 7.05 Å². The van der Waals surface area contributed by atoms with Gasteiger partial charge in [0.1, 0.15) is 0 Å². The van der Waals surface area contributed by atoms with Gasteiger partial charge in [-0.2, -0.15) is 0 Å². The number of hydrogen-bond donors (Lipinski definition) is 1. The van der Waals surface area contributed by atoms with Crippen molar-refractivity contribution in [3.8, 4) is 0 Å². The van der Waals surface area contributed by atoms with E-state index >= 15 is 0 Å². The van der Waals surface area contributed by atoms with Gasteiger partial charge in [-0.1, -0.05) is 23.7 Å². The third-order valence-corrected chi connectivity index (χ3v) is 3.30. The van der Waals surface area contributed by atoms with Crippen molar-refractivity contribution in [2.45, 2.75) is 13.1 Å². The zero-order chi connectivity index (χ0) is 9.71. The number of hydrogen-bond acceptors (Lipinski definition) is 1. The molecule has 2 nitrogen and oxygen atoms in total. The Kier molecular flexibility index (Phi) is 1.64. The van der Waals surface area contributed by atoms with Crippen molar-refractivity contribution < 1.29 is 0 Å². The predicted molar refractivity (Wildman–Crippen MR) is 58.5 cm³/mol. The maximum atomic E-state index is 6.19. The Morgan fingerprint density at radius 2 is 2.21 bits per heavy atom. The van der Waals surface area contributed by atoms with Crippen LogP contribution in [0.3, 0.4) is 0 Å². The summed E-state index contributed by atoms with van der Waals surface area (Å²) >= 11 is 6.19. The van der Waals surface area contributed by atoms with Crippen molar-refractivity contribution in [2.75, 3.05) is 0 Å². The van der Waals surface area contributed by atoms with E-state index in [1.807, 2.05) is 12.1 Å². The van der Waals surface area contributed by atoms with Gasteiger partial charge >= 0.3 is 0 Å². The summed E-state index contributed by atoms with van der Waals surface area (Å²) in [6.07, 6.45) is 0. The van der Waals surface area contributed by atoms with E-state index in [4.69, 9.17) is 11.6 Å². The molecular weight excluding hydrogens is 196 g/mol. The van der Waals surface area contributed by atoms with Gasteiger partial charge in [0.05, 0.1) is 10.5 Å². The lowest BCUT2D eigenvalue weighted by atomic mass is 10.1. The van der Waals surface area contributed by atoms with Crippen LogP contribution in [0.25, 0.3) is 10.9 Å². The van der Waals surface area contributed by atoms with Crippen LogP contribution in [-0.2, 0) is 20.1 Å². The molecule has 0 bridgehead atoms. The molecule has 1 N–H and O–H groups in total. The third kappa shape index (κ3) is 0.900. The summed E-state index contributed by atoms with van der Waals surface area (Å²) in [6.45, 7) is 1.92. The van der Waals surface area contributed by atoms with Gasteiger partial charge in [0.15, 0.2) is 0 Å². The van der Waals surface area contributed by atoms with Gasteiger partial charge < -0.3 is 9.88 Å². The van der Waals surface area contributed by atoms with Crippen LogP contribution in [0, 0.1) is 0 Å². The lowest BCUT2D eigenvalue weighted by Crippen LogP contribution is -2.04. The highest BCUT2D eigenvalue weighted by Crippen LogP contribution is 2.32. The molecule has 1 aliphatic rings. The molecule has 0 radical (unpaired) electrons. The summed E-state index contributed by atoms with van der Waals surface area (Å²) in [5.74, 6) is 0. The van der Waals surface area contributed by atoms with Gasteiger partial charge in [0.2, 0.25) is 0 Å². The lowest BCUT2D eigenvalue weighted by molar-refractivity contribution is 0.733. The minimum Gasteiger partial charge on any atom is -0.345 e. The quantitative estimate of drug-likeness (QED) is 0.701. The molecule has 0 saturated heterocycles. The van der Waals surface area contributed by atoms with Crippen LogP contribution in [0.15, 0.2) is 18.2 Å². The molecule has 0 fully saturated rings. The molecule has 3 rings (SSSR count). The molecule has 0 amide bonds. The SMILES string of the molecule is Cn1c2c(c3cccc(Cl)c31)CNC2. The molecule has 0 unspecified atom stereocenters. The highest BCUT2D eigenvalue weighted by molar-refractivity contribution is 6.35. The molecular formula is C11H11ClN2. The standard InChI is InChI=1S/C11H11ClN2/c1-14-10-6-13-5-8(10)7-3-2-4-9(12)11(7)14/h2-4,13H,5-6H2,1H3. The molecule has 1 aliphatic heterocycles. The van der Waals surface area contributed by atoms with Crippen molar-refractivity contribution in [1.82, 2.24) is 9.88 Å². The topological polar surface area (TPSA) is 17.0 Å². The second-order valence-corrected chi connectivity index (χ2v) is 4.13. The number of rotatable bonds is 0. The van der Waals surface area contributed by atoms with Gasteiger partial charge in [-0.25, -0.2) is 0 Å². The number of nitrogens with one attached hydrogen (secondary N) is 1. The minimum absolute atomic E-state index is 0.847. The van der Waals surface area contributed by atoms with Crippen molar-refractivity contribution in [1.29, 1.82) is 0 Å². The highest BCUT2D eigenvalue weighted by Gasteiger charge is 2.20. The Morgan fingerprint density at radius 3 is 3.07 bits per heavy atom. The lowest BCUT2D eigenvalue weighted by Gasteiger charge is -2.02. The molecule has 72 valence electrons. The van der Waals surface area contributed by atoms with E-state index in [2.05, 4.69) is 23.0 Å². The predicted octanol–water partition coefficient (Wildman–Crippen LogP) is 2.43. The van der Waals surface area contributed by atoms with Gasteiger partial charge in [0.25, 0.3) is 0 Å². The zero-order valence-electron chi connectivity index (χ0n) is 7.97. The van der Waals surface area contributed by atoms with E-state index in [0.29, 0.717) is 0 Å². The Labute approximate surface area is 87.5 Å². The second kappa shape index (κ2) is 2.75. The number of benzene rings is 1. The molecule has 0 atom stereocenters. The van der Waals surface area contributed by atoms with Gasteiger partial charge in [-0.05, 0) is 11.6 Å². The number of fused-ring (bicyclic) bond motifs is 3. The second-order valence-electron chi connectivity index (χ2n) is 3.72. The first-order chi connectivity index (χ1) is 6.79. The molecule has 0 saturated carbocycles. The summed E-state index contributed by atoms with van der Waals surface area (Å²) in [5, 5.41) is 5.49. The fourth-order valence-corrected chi connectivity index (χ4v) is 2.62. The Hall–Kier alpha value is -0.990. The van der Waals surface area contributed by atoms with Crippen molar-refractivity contribution >= 4 is 22.5 Å².